The summed E-state index contributed by atoms with van der Waals surface area (Å²) in [5.74, 6) is 0.845. The molecule has 2 aromatic carbocycles. The van der Waals surface area contributed by atoms with E-state index in [-0.39, 0.29) is 17.5 Å². The maximum atomic E-state index is 13.5. The molecular formula is C25H30FN5OS. The molecule has 2 heterocycles. The van der Waals surface area contributed by atoms with E-state index in [0.717, 1.165) is 36.7 Å². The van der Waals surface area contributed by atoms with Gasteiger partial charge in [-0.3, -0.25) is 14.3 Å². The molecule has 3 aromatic rings. The van der Waals surface area contributed by atoms with Crippen LogP contribution in [0.2, 0.25) is 0 Å². The molecule has 0 bridgehead atoms. The topological polar surface area (TPSA) is 54.3 Å². The number of hydrogen-bond donors (Lipinski definition) is 0. The lowest BCUT2D eigenvalue weighted by Crippen LogP contribution is -2.32. The first-order chi connectivity index (χ1) is 16.1. The van der Waals surface area contributed by atoms with E-state index < -0.39 is 0 Å². The summed E-state index contributed by atoms with van der Waals surface area (Å²) in [5.41, 5.74) is 1.78. The number of likely N-dealkylation sites (tertiary alicyclic amines) is 1. The van der Waals surface area contributed by atoms with Gasteiger partial charge in [0, 0.05) is 18.8 Å². The Hall–Kier alpha value is -2.71. The van der Waals surface area contributed by atoms with Crippen molar-refractivity contribution in [2.75, 3.05) is 25.4 Å². The van der Waals surface area contributed by atoms with Gasteiger partial charge in [0.1, 0.15) is 5.82 Å². The molecule has 8 heteroatoms. The third kappa shape index (κ3) is 6.21. The lowest BCUT2D eigenvalue weighted by Gasteiger charge is -2.26. The smallest absolute Gasteiger partial charge is 0.233 e. The van der Waals surface area contributed by atoms with Gasteiger partial charge in [-0.1, -0.05) is 48.5 Å². The molecular weight excluding hydrogens is 437 g/mol. The van der Waals surface area contributed by atoms with E-state index in [4.69, 9.17) is 0 Å². The van der Waals surface area contributed by atoms with Crippen LogP contribution in [0.3, 0.4) is 0 Å². The van der Waals surface area contributed by atoms with Gasteiger partial charge in [0.05, 0.1) is 12.3 Å². The van der Waals surface area contributed by atoms with E-state index in [1.165, 1.54) is 43.2 Å². The summed E-state index contributed by atoms with van der Waals surface area (Å²) < 4.78 is 15.6. The number of hydrogen-bond acceptors (Lipinski definition) is 5. The average molecular weight is 468 g/mol. The predicted molar refractivity (Wildman–Crippen MR) is 129 cm³/mol. The van der Waals surface area contributed by atoms with Gasteiger partial charge in [-0.25, -0.2) is 4.39 Å². The first kappa shape index (κ1) is 23.4. The molecule has 0 atom stereocenters. The van der Waals surface area contributed by atoms with Gasteiger partial charge in [-0.2, -0.15) is 0 Å². The van der Waals surface area contributed by atoms with Gasteiger partial charge in [-0.15, -0.1) is 10.2 Å². The Balaban J connectivity index is 1.48. The van der Waals surface area contributed by atoms with Crippen LogP contribution < -0.4 is 0 Å². The molecule has 1 saturated heterocycles. The maximum absolute atomic E-state index is 13.5. The number of rotatable bonds is 9. The SMILES string of the molecule is CCN(Cc1cccc(F)c1)C(=O)CSc1nnc(CN2CCCCC2)n1-c1ccccc1. The van der Waals surface area contributed by atoms with Gasteiger partial charge in [-0.05, 0) is 62.7 Å². The quantitative estimate of drug-likeness (QED) is 0.433. The normalized spacial score (nSPS) is 14.4. The van der Waals surface area contributed by atoms with Crippen LogP contribution in [0, 0.1) is 5.82 Å². The third-order valence-electron chi connectivity index (χ3n) is 5.85. The van der Waals surface area contributed by atoms with Gasteiger partial charge in [0.2, 0.25) is 5.91 Å². The summed E-state index contributed by atoms with van der Waals surface area (Å²) in [7, 11) is 0. The number of amides is 1. The lowest BCUT2D eigenvalue weighted by atomic mass is 10.1. The number of piperidine rings is 1. The van der Waals surface area contributed by atoms with Crippen LogP contribution in [0.25, 0.3) is 5.69 Å². The van der Waals surface area contributed by atoms with Crippen LogP contribution in [0.4, 0.5) is 4.39 Å². The summed E-state index contributed by atoms with van der Waals surface area (Å²) in [6.07, 6.45) is 3.72. The Bertz CT molecular complexity index is 1050. The Morgan fingerprint density at radius 3 is 2.58 bits per heavy atom. The first-order valence-corrected chi connectivity index (χ1v) is 12.5. The van der Waals surface area contributed by atoms with Crippen molar-refractivity contribution in [1.82, 2.24) is 24.6 Å². The molecule has 1 fully saturated rings. The van der Waals surface area contributed by atoms with E-state index in [0.29, 0.717) is 18.2 Å². The number of benzene rings is 2. The Kier molecular flexibility index (Phi) is 8.12. The summed E-state index contributed by atoms with van der Waals surface area (Å²) in [5, 5.41) is 9.64. The van der Waals surface area contributed by atoms with Crippen molar-refractivity contribution in [2.24, 2.45) is 0 Å². The Labute approximate surface area is 198 Å². The molecule has 1 amide bonds. The fourth-order valence-electron chi connectivity index (χ4n) is 4.10. The van der Waals surface area contributed by atoms with Crippen LogP contribution in [-0.2, 0) is 17.9 Å². The third-order valence-corrected chi connectivity index (χ3v) is 6.76. The van der Waals surface area contributed by atoms with Crippen molar-refractivity contribution < 1.29 is 9.18 Å². The highest BCUT2D eigenvalue weighted by atomic mass is 32.2. The number of thioether (sulfide) groups is 1. The number of carbonyl (C=O) groups is 1. The van der Waals surface area contributed by atoms with Crippen molar-refractivity contribution in [3.8, 4) is 5.69 Å². The van der Waals surface area contributed by atoms with Crippen LogP contribution in [0.1, 0.15) is 37.6 Å². The number of aromatic nitrogens is 3. The van der Waals surface area contributed by atoms with Gasteiger partial charge in [0.25, 0.3) is 0 Å². The van der Waals surface area contributed by atoms with Crippen molar-refractivity contribution in [1.29, 1.82) is 0 Å². The van der Waals surface area contributed by atoms with E-state index in [2.05, 4.69) is 19.7 Å². The summed E-state index contributed by atoms with van der Waals surface area (Å²) >= 11 is 1.40. The molecule has 0 unspecified atom stereocenters. The minimum Gasteiger partial charge on any atom is -0.338 e. The van der Waals surface area contributed by atoms with Crippen molar-refractivity contribution in [2.45, 2.75) is 44.4 Å². The predicted octanol–water partition coefficient (Wildman–Crippen LogP) is 4.53. The summed E-state index contributed by atoms with van der Waals surface area (Å²) in [4.78, 5) is 17.1. The minimum atomic E-state index is -0.289. The molecule has 0 aliphatic carbocycles. The lowest BCUT2D eigenvalue weighted by molar-refractivity contribution is -0.128. The number of halogens is 1. The molecule has 0 saturated carbocycles. The molecule has 0 spiro atoms. The summed E-state index contributed by atoms with van der Waals surface area (Å²) in [6.45, 7) is 5.78. The molecule has 1 aromatic heterocycles. The molecule has 6 nitrogen and oxygen atoms in total. The van der Waals surface area contributed by atoms with E-state index >= 15 is 0 Å². The van der Waals surface area contributed by atoms with Crippen molar-refractivity contribution in [3.05, 3.63) is 71.8 Å². The second-order valence-electron chi connectivity index (χ2n) is 8.23. The van der Waals surface area contributed by atoms with Gasteiger partial charge < -0.3 is 4.90 Å². The van der Waals surface area contributed by atoms with E-state index in [1.54, 1.807) is 11.0 Å². The van der Waals surface area contributed by atoms with Gasteiger partial charge in [0.15, 0.2) is 11.0 Å². The fraction of sp³-hybridized carbons (Fsp3) is 0.400. The van der Waals surface area contributed by atoms with Crippen molar-refractivity contribution in [3.63, 3.8) is 0 Å². The second-order valence-corrected chi connectivity index (χ2v) is 9.18. The molecule has 0 N–H and O–H groups in total. The average Bonchev–Trinajstić information content (AvgIpc) is 3.24. The van der Waals surface area contributed by atoms with Crippen molar-refractivity contribution >= 4 is 17.7 Å². The van der Waals surface area contributed by atoms with Crippen LogP contribution >= 0.6 is 11.8 Å². The van der Waals surface area contributed by atoms with Gasteiger partial charge >= 0.3 is 0 Å². The zero-order valence-electron chi connectivity index (χ0n) is 19.0. The maximum Gasteiger partial charge on any atom is 0.233 e. The number of para-hydroxylation sites is 1. The van der Waals surface area contributed by atoms with Crippen LogP contribution in [0.5, 0.6) is 0 Å². The highest BCUT2D eigenvalue weighted by molar-refractivity contribution is 7.99. The molecule has 4 rings (SSSR count). The summed E-state index contributed by atoms with van der Waals surface area (Å²) in [6, 6.07) is 16.5. The molecule has 33 heavy (non-hydrogen) atoms. The van der Waals surface area contributed by atoms with E-state index in [9.17, 15) is 9.18 Å². The van der Waals surface area contributed by atoms with Crippen LogP contribution in [-0.4, -0.2) is 55.9 Å². The highest BCUT2D eigenvalue weighted by Gasteiger charge is 2.20. The fourth-order valence-corrected chi connectivity index (χ4v) is 4.97. The Morgan fingerprint density at radius 1 is 1.06 bits per heavy atom. The first-order valence-electron chi connectivity index (χ1n) is 11.5. The highest BCUT2D eigenvalue weighted by Crippen LogP contribution is 2.24. The largest absolute Gasteiger partial charge is 0.338 e. The zero-order valence-corrected chi connectivity index (χ0v) is 19.8. The molecule has 1 aliphatic heterocycles. The second kappa shape index (κ2) is 11.4. The number of carbonyl (C=O) groups excluding carboxylic acids is 1. The van der Waals surface area contributed by atoms with Crippen LogP contribution in [0.15, 0.2) is 59.8 Å². The molecule has 174 valence electrons. The molecule has 0 radical (unpaired) electrons. The minimum absolute atomic E-state index is 0.00745. The van der Waals surface area contributed by atoms with E-state index in [1.807, 2.05) is 43.3 Å². The standard InChI is InChI=1S/C25H30FN5OS/c1-2-30(17-20-10-9-11-21(26)16-20)24(32)19-33-25-28-27-23(18-29-14-7-4-8-15-29)31(25)22-12-5-3-6-13-22/h3,5-6,9-13,16H,2,4,7-8,14-15,17-19H2,1H3. The monoisotopic (exact) mass is 467 g/mol. The number of nitrogens with zero attached hydrogens (tertiary/aromatic N) is 5. The zero-order chi connectivity index (χ0) is 23.0. The molecule has 1 aliphatic rings. The Morgan fingerprint density at radius 2 is 1.85 bits per heavy atom.